The molecule has 3 N–H and O–H groups in total. The Morgan fingerprint density at radius 3 is 2.58 bits per heavy atom. The summed E-state index contributed by atoms with van der Waals surface area (Å²) in [6, 6.07) is 0.331. The summed E-state index contributed by atoms with van der Waals surface area (Å²) in [5.74, 6) is 6.80. The molecule has 7 heteroatoms. The van der Waals surface area contributed by atoms with Crippen molar-refractivity contribution >= 4 is 11.9 Å². The highest BCUT2D eigenvalue weighted by molar-refractivity contribution is 5.37. The van der Waals surface area contributed by atoms with Gasteiger partial charge in [-0.05, 0) is 25.2 Å². The molecule has 0 aliphatic carbocycles. The van der Waals surface area contributed by atoms with Crippen LogP contribution in [-0.4, -0.2) is 34.6 Å². The molecule has 0 unspecified atom stereocenters. The second-order valence-corrected chi connectivity index (χ2v) is 5.14. The van der Waals surface area contributed by atoms with Gasteiger partial charge in [0.1, 0.15) is 0 Å². The van der Waals surface area contributed by atoms with Crippen molar-refractivity contribution < 1.29 is 4.74 Å². The second kappa shape index (κ2) is 6.51. The number of anilines is 2. The average molecular weight is 266 g/mol. The van der Waals surface area contributed by atoms with E-state index < -0.39 is 0 Å². The summed E-state index contributed by atoms with van der Waals surface area (Å²) in [5.41, 5.74) is 2.47. The number of nitrogen functional groups attached to an aromatic ring is 1. The highest BCUT2D eigenvalue weighted by atomic mass is 16.5. The molecule has 1 aromatic heterocycles. The van der Waals surface area contributed by atoms with Crippen LogP contribution in [0.2, 0.25) is 0 Å². The first-order chi connectivity index (χ1) is 9.19. The van der Waals surface area contributed by atoms with E-state index in [9.17, 15) is 0 Å². The van der Waals surface area contributed by atoms with E-state index in [0.717, 1.165) is 13.1 Å². The fourth-order valence-corrected chi connectivity index (χ4v) is 1.95. The number of hydrogen-bond acceptors (Lipinski definition) is 7. The van der Waals surface area contributed by atoms with Gasteiger partial charge in [0.2, 0.25) is 11.9 Å². The van der Waals surface area contributed by atoms with E-state index in [2.05, 4.69) is 39.1 Å². The Morgan fingerprint density at radius 2 is 1.95 bits per heavy atom. The van der Waals surface area contributed by atoms with Gasteiger partial charge >= 0.3 is 6.01 Å². The molecule has 2 rings (SSSR count). The molecule has 1 aliphatic heterocycles. The molecule has 1 aromatic rings. The van der Waals surface area contributed by atoms with Gasteiger partial charge in [0.05, 0.1) is 6.61 Å². The van der Waals surface area contributed by atoms with E-state index in [0.29, 0.717) is 30.4 Å². The van der Waals surface area contributed by atoms with Gasteiger partial charge in [0, 0.05) is 13.1 Å². The van der Waals surface area contributed by atoms with E-state index in [1.54, 1.807) is 0 Å². The van der Waals surface area contributed by atoms with Crippen LogP contribution < -0.4 is 20.9 Å². The summed E-state index contributed by atoms with van der Waals surface area (Å²) < 4.78 is 5.56. The number of ether oxygens (including phenoxy) is 1. The number of hydrazine groups is 1. The van der Waals surface area contributed by atoms with E-state index in [1.807, 2.05) is 0 Å². The van der Waals surface area contributed by atoms with Gasteiger partial charge in [-0.2, -0.15) is 15.0 Å². The second-order valence-electron chi connectivity index (χ2n) is 5.14. The van der Waals surface area contributed by atoms with E-state index in [1.165, 1.54) is 19.3 Å². The lowest BCUT2D eigenvalue weighted by molar-refractivity contribution is 0.250. The highest BCUT2D eigenvalue weighted by Gasteiger charge is 2.16. The van der Waals surface area contributed by atoms with E-state index in [-0.39, 0.29) is 0 Å². The fourth-order valence-electron chi connectivity index (χ4n) is 1.95. The minimum Gasteiger partial charge on any atom is -0.463 e. The number of nitrogens with one attached hydrogen (secondary N) is 1. The zero-order valence-corrected chi connectivity index (χ0v) is 11.6. The zero-order chi connectivity index (χ0) is 13.7. The van der Waals surface area contributed by atoms with E-state index >= 15 is 0 Å². The van der Waals surface area contributed by atoms with Gasteiger partial charge in [-0.25, -0.2) is 5.84 Å². The molecular weight excluding hydrogens is 244 g/mol. The molecule has 0 atom stereocenters. The summed E-state index contributed by atoms with van der Waals surface area (Å²) in [6.45, 7) is 6.67. The lowest BCUT2D eigenvalue weighted by atomic mass is 10.1. The predicted molar refractivity (Wildman–Crippen MR) is 74.0 cm³/mol. The lowest BCUT2D eigenvalue weighted by Crippen LogP contribution is -2.31. The van der Waals surface area contributed by atoms with Crippen LogP contribution in [0.5, 0.6) is 6.01 Å². The normalized spacial score (nSPS) is 15.7. The molecule has 0 radical (unpaired) electrons. The summed E-state index contributed by atoms with van der Waals surface area (Å²) in [5, 5.41) is 0. The molecule has 0 bridgehead atoms. The van der Waals surface area contributed by atoms with Crippen LogP contribution in [0, 0.1) is 5.92 Å². The molecule has 0 amide bonds. The minimum absolute atomic E-state index is 0.331. The van der Waals surface area contributed by atoms with Crippen molar-refractivity contribution in [2.24, 2.45) is 11.8 Å². The van der Waals surface area contributed by atoms with Crippen LogP contribution in [0.4, 0.5) is 11.9 Å². The molecule has 19 heavy (non-hydrogen) atoms. The molecular formula is C12H22N6O. The number of rotatable bonds is 5. The SMILES string of the molecule is CC(C)COc1nc(NN)nc(N2CCCCC2)n1. The molecule has 0 aromatic carbocycles. The average Bonchev–Trinajstić information content (AvgIpc) is 2.45. The van der Waals surface area contributed by atoms with Gasteiger partial charge in [0.15, 0.2) is 0 Å². The Labute approximate surface area is 113 Å². The van der Waals surface area contributed by atoms with Crippen LogP contribution in [0.15, 0.2) is 0 Å². The van der Waals surface area contributed by atoms with Crippen molar-refractivity contribution in [3.8, 4) is 6.01 Å². The molecule has 7 nitrogen and oxygen atoms in total. The third-order valence-corrected chi connectivity index (χ3v) is 2.92. The van der Waals surface area contributed by atoms with Gasteiger partial charge < -0.3 is 9.64 Å². The number of nitrogens with zero attached hydrogens (tertiary/aromatic N) is 4. The molecule has 0 spiro atoms. The quantitative estimate of drug-likeness (QED) is 0.611. The summed E-state index contributed by atoms with van der Waals surface area (Å²) in [4.78, 5) is 14.9. The van der Waals surface area contributed by atoms with Gasteiger partial charge in [-0.15, -0.1) is 0 Å². The highest BCUT2D eigenvalue weighted by Crippen LogP contribution is 2.19. The molecule has 1 aliphatic rings. The van der Waals surface area contributed by atoms with Gasteiger partial charge in [-0.1, -0.05) is 13.8 Å². The maximum Gasteiger partial charge on any atom is 0.323 e. The van der Waals surface area contributed by atoms with Crippen molar-refractivity contribution in [3.05, 3.63) is 0 Å². The maximum atomic E-state index is 5.56. The van der Waals surface area contributed by atoms with Crippen LogP contribution in [0.25, 0.3) is 0 Å². The van der Waals surface area contributed by atoms with Crippen molar-refractivity contribution in [3.63, 3.8) is 0 Å². The van der Waals surface area contributed by atoms with Crippen molar-refractivity contribution in [1.82, 2.24) is 15.0 Å². The van der Waals surface area contributed by atoms with Gasteiger partial charge in [0.25, 0.3) is 0 Å². The summed E-state index contributed by atoms with van der Waals surface area (Å²) in [7, 11) is 0. The predicted octanol–water partition coefficient (Wildman–Crippen LogP) is 1.18. The third-order valence-electron chi connectivity index (χ3n) is 2.92. The Bertz CT molecular complexity index is 405. The standard InChI is InChI=1S/C12H22N6O/c1-9(2)8-19-12-15-10(17-13)14-11(16-12)18-6-4-3-5-7-18/h9H,3-8,13H2,1-2H3,(H,14,15,16,17). The first kappa shape index (κ1) is 13.8. The Morgan fingerprint density at radius 1 is 1.21 bits per heavy atom. The van der Waals surface area contributed by atoms with Crippen molar-refractivity contribution in [2.75, 3.05) is 30.0 Å². The van der Waals surface area contributed by atoms with Crippen molar-refractivity contribution in [2.45, 2.75) is 33.1 Å². The number of aromatic nitrogens is 3. The third kappa shape index (κ3) is 3.92. The van der Waals surface area contributed by atoms with Gasteiger partial charge in [-0.3, -0.25) is 5.43 Å². The zero-order valence-electron chi connectivity index (χ0n) is 11.6. The first-order valence-electron chi connectivity index (χ1n) is 6.79. The molecule has 2 heterocycles. The number of nitrogens with two attached hydrogens (primary N) is 1. The van der Waals surface area contributed by atoms with Crippen LogP contribution in [0.1, 0.15) is 33.1 Å². The van der Waals surface area contributed by atoms with Crippen LogP contribution >= 0.6 is 0 Å². The molecule has 1 saturated heterocycles. The fraction of sp³-hybridized carbons (Fsp3) is 0.750. The summed E-state index contributed by atoms with van der Waals surface area (Å²) in [6.07, 6.45) is 3.60. The molecule has 106 valence electrons. The topological polar surface area (TPSA) is 89.2 Å². The largest absolute Gasteiger partial charge is 0.463 e. The van der Waals surface area contributed by atoms with Crippen LogP contribution in [-0.2, 0) is 0 Å². The first-order valence-corrected chi connectivity index (χ1v) is 6.79. The lowest BCUT2D eigenvalue weighted by Gasteiger charge is -2.26. The Kier molecular flexibility index (Phi) is 4.73. The summed E-state index contributed by atoms with van der Waals surface area (Å²) >= 11 is 0. The number of piperidine rings is 1. The smallest absolute Gasteiger partial charge is 0.323 e. The molecule has 1 fully saturated rings. The Hall–Kier alpha value is -1.63. The van der Waals surface area contributed by atoms with Crippen LogP contribution in [0.3, 0.4) is 0 Å². The van der Waals surface area contributed by atoms with Crippen molar-refractivity contribution in [1.29, 1.82) is 0 Å². The number of hydrogen-bond donors (Lipinski definition) is 2. The maximum absolute atomic E-state index is 5.56. The molecule has 0 saturated carbocycles. The monoisotopic (exact) mass is 266 g/mol. The Balaban J connectivity index is 2.14. The minimum atomic E-state index is 0.331. The van der Waals surface area contributed by atoms with E-state index in [4.69, 9.17) is 10.6 Å².